The molecule has 1 aromatic rings. The molecule has 15 heavy (non-hydrogen) atoms. The first-order chi connectivity index (χ1) is 6.88. The van der Waals surface area contributed by atoms with Crippen LogP contribution in [0.5, 0.6) is 0 Å². The summed E-state index contributed by atoms with van der Waals surface area (Å²) in [7, 11) is -3.54. The molecule has 0 radical (unpaired) electrons. The van der Waals surface area contributed by atoms with E-state index in [0.717, 1.165) is 0 Å². The van der Waals surface area contributed by atoms with Gasteiger partial charge in [0, 0.05) is 12.6 Å². The fourth-order valence-corrected chi connectivity index (χ4v) is 2.52. The zero-order chi connectivity index (χ0) is 11.6. The van der Waals surface area contributed by atoms with Crippen LogP contribution in [-0.4, -0.2) is 24.2 Å². The summed E-state index contributed by atoms with van der Waals surface area (Å²) in [5.74, 6) is 0.172. The Morgan fingerprint density at radius 3 is 2.60 bits per heavy atom. The Balaban J connectivity index is 3.11. The minimum atomic E-state index is -3.54. The summed E-state index contributed by atoms with van der Waals surface area (Å²) in [4.78, 5) is 0.0399. The number of sulfonamides is 1. The summed E-state index contributed by atoms with van der Waals surface area (Å²) in [6.07, 6.45) is 1.27. The van der Waals surface area contributed by atoms with E-state index in [1.165, 1.54) is 10.9 Å². The highest BCUT2D eigenvalue weighted by Gasteiger charge is 2.21. The van der Waals surface area contributed by atoms with Crippen molar-refractivity contribution in [2.45, 2.75) is 38.3 Å². The molecular formula is C8H16N4O2S. The predicted octanol–water partition coefficient (Wildman–Crippen LogP) is 0.172. The van der Waals surface area contributed by atoms with Crippen molar-refractivity contribution in [3.8, 4) is 0 Å². The lowest BCUT2D eigenvalue weighted by molar-refractivity contribution is 0.570. The molecule has 0 bridgehead atoms. The number of hydrogen-bond acceptors (Lipinski definition) is 4. The second kappa shape index (κ2) is 4.19. The number of hydrogen-bond donors (Lipinski definition) is 2. The molecule has 0 saturated carbocycles. The summed E-state index contributed by atoms with van der Waals surface area (Å²) in [5.41, 5.74) is 5.66. The highest BCUT2D eigenvalue weighted by molar-refractivity contribution is 7.89. The van der Waals surface area contributed by atoms with Crippen LogP contribution in [0.4, 0.5) is 5.82 Å². The maximum atomic E-state index is 11.7. The minimum Gasteiger partial charge on any atom is -0.383 e. The van der Waals surface area contributed by atoms with Gasteiger partial charge < -0.3 is 5.73 Å². The molecule has 0 unspecified atom stereocenters. The summed E-state index contributed by atoms with van der Waals surface area (Å²) < 4.78 is 27.4. The summed E-state index contributed by atoms with van der Waals surface area (Å²) in [5, 5.41) is 3.88. The molecule has 6 nitrogen and oxygen atoms in total. The molecule has 0 aromatic carbocycles. The maximum absolute atomic E-state index is 11.7. The zero-order valence-corrected chi connectivity index (χ0v) is 9.87. The van der Waals surface area contributed by atoms with Crippen LogP contribution in [-0.2, 0) is 16.6 Å². The number of nitrogens with two attached hydrogens (primary N) is 1. The van der Waals surface area contributed by atoms with Gasteiger partial charge in [-0.3, -0.25) is 0 Å². The molecule has 0 aliphatic heterocycles. The lowest BCUT2D eigenvalue weighted by Crippen LogP contribution is -2.30. The highest BCUT2D eigenvalue weighted by atomic mass is 32.2. The van der Waals surface area contributed by atoms with Crippen molar-refractivity contribution < 1.29 is 8.42 Å². The first-order valence-corrected chi connectivity index (χ1v) is 6.20. The lowest BCUT2D eigenvalue weighted by atomic mass is 10.4. The number of nitrogens with one attached hydrogen (secondary N) is 1. The second-order valence-corrected chi connectivity index (χ2v) is 5.17. The van der Waals surface area contributed by atoms with Gasteiger partial charge in [-0.2, -0.15) is 5.10 Å². The van der Waals surface area contributed by atoms with E-state index >= 15 is 0 Å². The molecule has 1 aromatic heterocycles. The molecule has 1 rings (SSSR count). The monoisotopic (exact) mass is 232 g/mol. The standard InChI is InChI=1S/C8H16N4O2S/c1-4-12-8(9)7(5-10-12)15(13,14)11-6(2)3/h5-6,11H,4,9H2,1-3H3. The Morgan fingerprint density at radius 1 is 1.60 bits per heavy atom. The van der Waals surface area contributed by atoms with Gasteiger partial charge in [-0.1, -0.05) is 0 Å². The molecule has 3 N–H and O–H groups in total. The third kappa shape index (κ3) is 2.48. The van der Waals surface area contributed by atoms with Crippen molar-refractivity contribution in [1.82, 2.24) is 14.5 Å². The van der Waals surface area contributed by atoms with Crippen LogP contribution >= 0.6 is 0 Å². The van der Waals surface area contributed by atoms with E-state index in [1.807, 2.05) is 6.92 Å². The smallest absolute Gasteiger partial charge is 0.246 e. The van der Waals surface area contributed by atoms with Crippen molar-refractivity contribution in [2.75, 3.05) is 5.73 Å². The Kier molecular flexibility index (Phi) is 3.35. The normalized spacial score (nSPS) is 12.3. The van der Waals surface area contributed by atoms with E-state index in [0.29, 0.717) is 6.54 Å². The van der Waals surface area contributed by atoms with Gasteiger partial charge in [-0.05, 0) is 20.8 Å². The molecular weight excluding hydrogens is 216 g/mol. The fraction of sp³-hybridized carbons (Fsp3) is 0.625. The Morgan fingerprint density at radius 2 is 2.20 bits per heavy atom. The van der Waals surface area contributed by atoms with Crippen LogP contribution in [0, 0.1) is 0 Å². The molecule has 1 heterocycles. The zero-order valence-electron chi connectivity index (χ0n) is 9.06. The van der Waals surface area contributed by atoms with E-state index in [1.54, 1.807) is 13.8 Å². The third-order valence-corrected chi connectivity index (χ3v) is 3.50. The van der Waals surface area contributed by atoms with Crippen molar-refractivity contribution in [3.63, 3.8) is 0 Å². The van der Waals surface area contributed by atoms with Gasteiger partial charge in [-0.25, -0.2) is 17.8 Å². The van der Waals surface area contributed by atoms with Gasteiger partial charge in [0.1, 0.15) is 10.7 Å². The predicted molar refractivity (Wildman–Crippen MR) is 57.8 cm³/mol. The molecule has 0 spiro atoms. The largest absolute Gasteiger partial charge is 0.383 e. The van der Waals surface area contributed by atoms with Crippen molar-refractivity contribution in [1.29, 1.82) is 0 Å². The third-order valence-electron chi connectivity index (χ3n) is 1.82. The van der Waals surface area contributed by atoms with Crippen LogP contribution in [0.1, 0.15) is 20.8 Å². The SMILES string of the molecule is CCn1ncc(S(=O)(=O)NC(C)C)c1N. The lowest BCUT2D eigenvalue weighted by Gasteiger charge is -2.08. The van der Waals surface area contributed by atoms with Gasteiger partial charge in [0.25, 0.3) is 0 Å². The first-order valence-electron chi connectivity index (χ1n) is 4.72. The van der Waals surface area contributed by atoms with Crippen LogP contribution in [0.25, 0.3) is 0 Å². The topological polar surface area (TPSA) is 90.0 Å². The molecule has 0 atom stereocenters. The molecule has 0 fully saturated rings. The van der Waals surface area contributed by atoms with Gasteiger partial charge in [-0.15, -0.1) is 0 Å². The maximum Gasteiger partial charge on any atom is 0.246 e. The summed E-state index contributed by atoms with van der Waals surface area (Å²) >= 11 is 0. The highest BCUT2D eigenvalue weighted by Crippen LogP contribution is 2.17. The molecule has 0 aliphatic carbocycles. The van der Waals surface area contributed by atoms with E-state index in [4.69, 9.17) is 5.73 Å². The number of nitrogen functional groups attached to an aromatic ring is 1. The van der Waals surface area contributed by atoms with Crippen LogP contribution < -0.4 is 10.5 Å². The van der Waals surface area contributed by atoms with Crippen LogP contribution in [0.15, 0.2) is 11.1 Å². The van der Waals surface area contributed by atoms with E-state index in [2.05, 4.69) is 9.82 Å². The Labute approximate surface area is 89.5 Å². The fourth-order valence-electron chi connectivity index (χ4n) is 1.21. The number of anilines is 1. The van der Waals surface area contributed by atoms with E-state index in [-0.39, 0.29) is 16.8 Å². The quantitative estimate of drug-likeness (QED) is 0.774. The van der Waals surface area contributed by atoms with Gasteiger partial charge in [0.05, 0.1) is 6.20 Å². The first kappa shape index (κ1) is 12.0. The van der Waals surface area contributed by atoms with E-state index in [9.17, 15) is 8.42 Å². The summed E-state index contributed by atoms with van der Waals surface area (Å²) in [6, 6.07) is -0.167. The average molecular weight is 232 g/mol. The van der Waals surface area contributed by atoms with E-state index < -0.39 is 10.0 Å². The molecule has 86 valence electrons. The Bertz CT molecular complexity index is 435. The average Bonchev–Trinajstić information content (AvgIpc) is 2.44. The molecule has 0 aliphatic rings. The van der Waals surface area contributed by atoms with Gasteiger partial charge in [0.15, 0.2) is 0 Å². The number of aryl methyl sites for hydroxylation is 1. The molecule has 7 heteroatoms. The Hall–Kier alpha value is -1.08. The van der Waals surface area contributed by atoms with Crippen LogP contribution in [0.3, 0.4) is 0 Å². The van der Waals surface area contributed by atoms with Gasteiger partial charge in [0.2, 0.25) is 10.0 Å². The molecule has 0 amide bonds. The number of rotatable bonds is 4. The number of aromatic nitrogens is 2. The second-order valence-electron chi connectivity index (χ2n) is 3.49. The van der Waals surface area contributed by atoms with Crippen molar-refractivity contribution in [2.24, 2.45) is 0 Å². The van der Waals surface area contributed by atoms with Gasteiger partial charge >= 0.3 is 0 Å². The number of nitrogens with zero attached hydrogens (tertiary/aromatic N) is 2. The minimum absolute atomic E-state index is 0.0399. The molecule has 0 saturated heterocycles. The van der Waals surface area contributed by atoms with Crippen molar-refractivity contribution >= 4 is 15.8 Å². The van der Waals surface area contributed by atoms with Crippen molar-refractivity contribution in [3.05, 3.63) is 6.20 Å². The van der Waals surface area contributed by atoms with Crippen LogP contribution in [0.2, 0.25) is 0 Å². The summed E-state index contributed by atoms with van der Waals surface area (Å²) in [6.45, 7) is 5.88.